The van der Waals surface area contributed by atoms with E-state index in [9.17, 15) is 17.8 Å². The molecule has 0 bridgehead atoms. The van der Waals surface area contributed by atoms with Crippen LogP contribution < -0.4 is 15.0 Å². The molecule has 0 fully saturated rings. The van der Waals surface area contributed by atoms with Crippen molar-refractivity contribution in [2.45, 2.75) is 11.8 Å². The Labute approximate surface area is 151 Å². The predicted molar refractivity (Wildman–Crippen MR) is 96.0 cm³/mol. The predicted octanol–water partition coefficient (Wildman–Crippen LogP) is 0.0512. The Morgan fingerprint density at radius 2 is 1.81 bits per heavy atom. The maximum atomic E-state index is 11.8. The van der Waals surface area contributed by atoms with Gasteiger partial charge in [-0.1, -0.05) is 22.7 Å². The molecule has 0 radical (unpaired) electrons. The highest BCUT2D eigenvalue weighted by atomic mass is 32.2. The zero-order valence-electron chi connectivity index (χ0n) is 15.2. The number of imidazole rings is 1. The molecule has 0 atom stereocenters. The molecular formula is C16H21N5O4S. The number of hydrogen-bond acceptors (Lipinski definition) is 6. The number of H-pyrrole nitrogens is 1. The summed E-state index contributed by atoms with van der Waals surface area (Å²) >= 11 is 0. The van der Waals surface area contributed by atoms with Gasteiger partial charge in [-0.3, -0.25) is 14.3 Å². The van der Waals surface area contributed by atoms with Gasteiger partial charge >= 0.3 is 5.65 Å². The molecule has 0 unspecified atom stereocenters. The molecule has 0 amide bonds. The number of aromatic amines is 1. The number of hydrogen-bond donors (Lipinski definition) is 1. The fourth-order valence-electron chi connectivity index (χ4n) is 2.30. The molecule has 0 aliphatic rings. The Morgan fingerprint density at radius 1 is 1.23 bits per heavy atom. The number of benzene rings is 1. The van der Waals surface area contributed by atoms with E-state index in [0.717, 1.165) is 5.56 Å². The van der Waals surface area contributed by atoms with Gasteiger partial charge in [0, 0.05) is 14.1 Å². The van der Waals surface area contributed by atoms with E-state index in [0.29, 0.717) is 17.1 Å². The summed E-state index contributed by atoms with van der Waals surface area (Å²) in [4.78, 5) is 20.5. The van der Waals surface area contributed by atoms with Crippen LogP contribution in [0.25, 0.3) is 11.2 Å². The van der Waals surface area contributed by atoms with E-state index in [1.807, 2.05) is 46.0 Å². The molecule has 0 saturated heterocycles. The monoisotopic (exact) mass is 379 g/mol. The smallest absolute Gasteiger partial charge is 0.311 e. The molecular weight excluding hydrogens is 358 g/mol. The zero-order valence-corrected chi connectivity index (χ0v) is 16.0. The lowest BCUT2D eigenvalue weighted by Gasteiger charge is -2.05. The van der Waals surface area contributed by atoms with Crippen molar-refractivity contribution in [3.63, 3.8) is 0 Å². The number of nitrogens with one attached hydrogen (secondary N) is 1. The summed E-state index contributed by atoms with van der Waals surface area (Å²) < 4.78 is 34.8. The Bertz CT molecular complexity index is 1080. The van der Waals surface area contributed by atoms with Gasteiger partial charge in [0.05, 0.1) is 19.0 Å². The number of rotatable bonds is 2. The molecule has 3 aromatic rings. The van der Waals surface area contributed by atoms with Crippen molar-refractivity contribution in [2.75, 3.05) is 19.0 Å². The van der Waals surface area contributed by atoms with Gasteiger partial charge in [-0.05, 0) is 19.1 Å². The van der Waals surface area contributed by atoms with Gasteiger partial charge in [0.2, 0.25) is 5.52 Å². The third-order valence-corrected chi connectivity index (χ3v) is 4.48. The quantitative estimate of drug-likeness (QED) is 0.497. The molecule has 0 aliphatic carbocycles. The maximum absolute atomic E-state index is 11.8. The lowest BCUT2D eigenvalue weighted by molar-refractivity contribution is -0.647. The maximum Gasteiger partial charge on any atom is 0.311 e. The molecule has 2 aromatic heterocycles. The first-order valence-corrected chi connectivity index (χ1v) is 9.06. The van der Waals surface area contributed by atoms with E-state index in [2.05, 4.69) is 9.97 Å². The standard InChI is InChI=1S/C9H13N5O.C7H8O3S/c1-12(2)9-10-7-6(8(15)11-9)13(3)5-14(7)4;1-6-2-4-7(5-3-6)11(8,9)10/h5H,1-4H3;2-5H,1H3,(H,8,9,10). The summed E-state index contributed by atoms with van der Waals surface area (Å²) in [6.07, 6.45) is 1.83. The largest absolute Gasteiger partial charge is 0.744 e. The van der Waals surface area contributed by atoms with Crippen molar-refractivity contribution in [2.24, 2.45) is 14.1 Å². The number of aromatic nitrogens is 4. The summed E-state index contributed by atoms with van der Waals surface area (Å²) in [7, 11) is 3.11. The number of anilines is 1. The molecule has 26 heavy (non-hydrogen) atoms. The topological polar surface area (TPSA) is 115 Å². The average Bonchev–Trinajstić information content (AvgIpc) is 2.82. The van der Waals surface area contributed by atoms with Crippen LogP contribution in [0.4, 0.5) is 5.95 Å². The van der Waals surface area contributed by atoms with Gasteiger partial charge in [0.15, 0.2) is 6.33 Å². The van der Waals surface area contributed by atoms with Crippen LogP contribution in [0, 0.1) is 6.92 Å². The van der Waals surface area contributed by atoms with Crippen LogP contribution in [0.15, 0.2) is 40.3 Å². The Kier molecular flexibility index (Phi) is 5.47. The first-order chi connectivity index (χ1) is 12.0. The van der Waals surface area contributed by atoms with Crippen LogP contribution in [0.5, 0.6) is 0 Å². The first-order valence-electron chi connectivity index (χ1n) is 7.65. The van der Waals surface area contributed by atoms with Crippen molar-refractivity contribution in [1.29, 1.82) is 0 Å². The van der Waals surface area contributed by atoms with E-state index >= 15 is 0 Å². The number of nitrogens with zero attached hydrogens (tertiary/aromatic N) is 4. The van der Waals surface area contributed by atoms with E-state index < -0.39 is 10.1 Å². The molecule has 2 heterocycles. The van der Waals surface area contributed by atoms with Crippen LogP contribution in [0.2, 0.25) is 0 Å². The van der Waals surface area contributed by atoms with Crippen molar-refractivity contribution < 1.29 is 17.5 Å². The first kappa shape index (κ1) is 19.6. The van der Waals surface area contributed by atoms with Gasteiger partial charge in [-0.2, -0.15) is 0 Å². The second-order valence-corrected chi connectivity index (χ2v) is 7.44. The lowest BCUT2D eigenvalue weighted by Crippen LogP contribution is -2.28. The fraction of sp³-hybridized carbons (Fsp3) is 0.312. The summed E-state index contributed by atoms with van der Waals surface area (Å²) in [5, 5.41) is 0. The van der Waals surface area contributed by atoms with Crippen molar-refractivity contribution >= 4 is 27.2 Å². The van der Waals surface area contributed by atoms with Gasteiger partial charge in [0.25, 0.3) is 11.5 Å². The molecule has 0 aliphatic heterocycles. The molecule has 9 nitrogen and oxygen atoms in total. The molecule has 3 rings (SSSR count). The van der Waals surface area contributed by atoms with E-state index in [4.69, 9.17) is 0 Å². The van der Waals surface area contributed by atoms with Crippen LogP contribution >= 0.6 is 0 Å². The lowest BCUT2D eigenvalue weighted by atomic mass is 10.2. The van der Waals surface area contributed by atoms with Gasteiger partial charge < -0.3 is 9.45 Å². The Balaban J connectivity index is 0.000000197. The SMILES string of the molecule is CN(C)c1nc2c(c(=O)[nH]1)n(C)c[n+]2C.Cc1ccc(S(=O)(=O)[O-])cc1. The van der Waals surface area contributed by atoms with Crippen molar-refractivity contribution in [3.05, 3.63) is 46.5 Å². The van der Waals surface area contributed by atoms with Crippen molar-refractivity contribution in [1.82, 2.24) is 14.5 Å². The molecule has 1 aromatic carbocycles. The van der Waals surface area contributed by atoms with E-state index in [-0.39, 0.29) is 10.5 Å². The highest BCUT2D eigenvalue weighted by molar-refractivity contribution is 7.85. The minimum atomic E-state index is -4.27. The average molecular weight is 379 g/mol. The van der Waals surface area contributed by atoms with E-state index in [1.54, 1.807) is 21.6 Å². The third kappa shape index (κ3) is 4.27. The van der Waals surface area contributed by atoms with Crippen LogP contribution in [-0.2, 0) is 24.2 Å². The summed E-state index contributed by atoms with van der Waals surface area (Å²) in [6.45, 7) is 1.82. The molecule has 10 heteroatoms. The second kappa shape index (κ2) is 7.26. The normalized spacial score (nSPS) is 11.2. The molecule has 1 N–H and O–H groups in total. The third-order valence-electron chi connectivity index (χ3n) is 3.63. The van der Waals surface area contributed by atoms with Crippen LogP contribution in [0.3, 0.4) is 0 Å². The molecule has 140 valence electrons. The second-order valence-electron chi connectivity index (χ2n) is 6.06. The summed E-state index contributed by atoms with van der Waals surface area (Å²) in [6, 6.07) is 5.78. The summed E-state index contributed by atoms with van der Waals surface area (Å²) in [5.74, 6) is 0.564. The van der Waals surface area contributed by atoms with Crippen molar-refractivity contribution in [3.8, 4) is 0 Å². The van der Waals surface area contributed by atoms with Gasteiger partial charge in [0.1, 0.15) is 10.1 Å². The number of aryl methyl sites for hydroxylation is 3. The minimum Gasteiger partial charge on any atom is -0.744 e. The summed E-state index contributed by atoms with van der Waals surface area (Å²) in [5.41, 5.74) is 2.08. The van der Waals surface area contributed by atoms with Gasteiger partial charge in [-0.25, -0.2) is 13.0 Å². The zero-order chi connectivity index (χ0) is 19.6. The fourth-order valence-corrected chi connectivity index (χ4v) is 2.77. The van der Waals surface area contributed by atoms with Crippen LogP contribution in [-0.4, -0.2) is 41.6 Å². The minimum absolute atomic E-state index is 0.119. The number of fused-ring (bicyclic) bond motifs is 1. The Morgan fingerprint density at radius 3 is 2.31 bits per heavy atom. The Hall–Kier alpha value is -2.72. The molecule has 0 saturated carbocycles. The van der Waals surface area contributed by atoms with Gasteiger partial charge in [-0.15, -0.1) is 0 Å². The van der Waals surface area contributed by atoms with E-state index in [1.165, 1.54) is 12.1 Å². The van der Waals surface area contributed by atoms with Crippen LogP contribution in [0.1, 0.15) is 5.56 Å². The highest BCUT2D eigenvalue weighted by Gasteiger charge is 2.18. The highest BCUT2D eigenvalue weighted by Crippen LogP contribution is 2.08. The molecule has 0 spiro atoms.